The average Bonchev–Trinajstić information content (AvgIpc) is 2.57. The number of carboxylic acid groups (broad SMARTS) is 1. The van der Waals surface area contributed by atoms with Crippen LogP contribution in [0.25, 0.3) is 12.0 Å². The summed E-state index contributed by atoms with van der Waals surface area (Å²) in [5, 5.41) is 14.3. The van der Waals surface area contributed by atoms with E-state index in [1.54, 1.807) is 12.5 Å². The molecule has 100 valence electrons. The molecule has 2 N–H and O–H groups in total. The summed E-state index contributed by atoms with van der Waals surface area (Å²) in [5.74, 6) is -1.17. The first-order chi connectivity index (χ1) is 8.75. The number of hydrogen-bond donors (Lipinski definition) is 2. The van der Waals surface area contributed by atoms with Crippen molar-refractivity contribution in [3.8, 4) is 0 Å². The molecule has 0 bridgehead atoms. The van der Waals surface area contributed by atoms with E-state index in [-0.39, 0.29) is 12.4 Å². The number of fused-ring (bicyclic) bond motifs is 2. The number of hydrogen-bond acceptors (Lipinski definition) is 3. The molecule has 1 saturated heterocycles. The predicted molar refractivity (Wildman–Crippen MR) is 73.7 cm³/mol. The number of aliphatic carboxylic acids is 1. The fraction of sp³-hybridized carbons (Fsp3) is 0.214. The SMILES string of the molecule is Cl.O=C(O)C1CNC2=c3ccccc3=COC=C2C1. The molecule has 2 aliphatic rings. The predicted octanol–water partition coefficient (Wildman–Crippen LogP) is 0.563. The number of piperidine rings is 1. The molecule has 0 radical (unpaired) electrons. The molecule has 1 atom stereocenters. The van der Waals surface area contributed by atoms with Crippen LogP contribution >= 0.6 is 12.4 Å². The zero-order valence-corrected chi connectivity index (χ0v) is 10.9. The summed E-state index contributed by atoms with van der Waals surface area (Å²) in [6.45, 7) is 0.455. The van der Waals surface area contributed by atoms with Crippen molar-refractivity contribution in [1.82, 2.24) is 5.32 Å². The van der Waals surface area contributed by atoms with Crippen LogP contribution in [0.3, 0.4) is 0 Å². The highest BCUT2D eigenvalue weighted by atomic mass is 35.5. The summed E-state index contributed by atoms with van der Waals surface area (Å²) in [6.07, 6.45) is 3.82. The van der Waals surface area contributed by atoms with Crippen LogP contribution in [-0.2, 0) is 9.53 Å². The van der Waals surface area contributed by atoms with Crippen molar-refractivity contribution in [2.45, 2.75) is 6.42 Å². The van der Waals surface area contributed by atoms with E-state index in [1.807, 2.05) is 24.3 Å². The third-order valence-electron chi connectivity index (χ3n) is 3.30. The molecule has 1 aromatic rings. The fourth-order valence-corrected chi connectivity index (χ4v) is 2.35. The first kappa shape index (κ1) is 13.5. The molecule has 1 fully saturated rings. The van der Waals surface area contributed by atoms with E-state index in [0.717, 1.165) is 21.7 Å². The zero-order chi connectivity index (χ0) is 12.5. The highest BCUT2D eigenvalue weighted by molar-refractivity contribution is 5.85. The summed E-state index contributed by atoms with van der Waals surface area (Å²) in [5.41, 5.74) is 1.90. The van der Waals surface area contributed by atoms with Crippen molar-refractivity contribution in [1.29, 1.82) is 0 Å². The van der Waals surface area contributed by atoms with Crippen LogP contribution in [-0.4, -0.2) is 17.6 Å². The monoisotopic (exact) mass is 279 g/mol. The van der Waals surface area contributed by atoms with Crippen molar-refractivity contribution in [2.75, 3.05) is 6.54 Å². The highest BCUT2D eigenvalue weighted by Gasteiger charge is 2.27. The van der Waals surface area contributed by atoms with E-state index in [9.17, 15) is 4.79 Å². The largest absolute Gasteiger partial charge is 0.481 e. The minimum absolute atomic E-state index is 0. The summed E-state index contributed by atoms with van der Waals surface area (Å²) >= 11 is 0. The number of ether oxygens (including phenoxy) is 1. The molecule has 0 amide bonds. The second-order valence-corrected chi connectivity index (χ2v) is 4.48. The number of nitrogens with one attached hydrogen (secondary N) is 1. The Morgan fingerprint density at radius 1 is 1.32 bits per heavy atom. The Labute approximate surface area is 116 Å². The minimum Gasteiger partial charge on any atom is -0.481 e. The third-order valence-corrected chi connectivity index (χ3v) is 3.30. The van der Waals surface area contributed by atoms with Crippen LogP contribution < -0.4 is 15.8 Å². The van der Waals surface area contributed by atoms with Gasteiger partial charge in [0.2, 0.25) is 0 Å². The van der Waals surface area contributed by atoms with Gasteiger partial charge in [-0.2, -0.15) is 0 Å². The normalized spacial score (nSPS) is 20.1. The van der Waals surface area contributed by atoms with Gasteiger partial charge in [0.1, 0.15) is 0 Å². The molecule has 0 spiro atoms. The molecule has 0 saturated carbocycles. The van der Waals surface area contributed by atoms with Gasteiger partial charge in [-0.3, -0.25) is 4.79 Å². The number of carboxylic acids is 1. The van der Waals surface area contributed by atoms with Crippen molar-refractivity contribution in [2.24, 2.45) is 5.92 Å². The number of benzene rings is 1. The molecule has 2 heterocycles. The molecule has 2 aliphatic heterocycles. The molecule has 0 aromatic heterocycles. The molecule has 5 heteroatoms. The smallest absolute Gasteiger partial charge is 0.308 e. The molecule has 3 rings (SSSR count). The highest BCUT2D eigenvalue weighted by Crippen LogP contribution is 2.24. The van der Waals surface area contributed by atoms with E-state index >= 15 is 0 Å². The summed E-state index contributed by atoms with van der Waals surface area (Å²) in [4.78, 5) is 11.0. The molecule has 0 aliphatic carbocycles. The number of carbonyl (C=O) groups is 1. The third kappa shape index (κ3) is 2.44. The van der Waals surface area contributed by atoms with Gasteiger partial charge in [0.25, 0.3) is 0 Å². The lowest BCUT2D eigenvalue weighted by Crippen LogP contribution is -2.39. The van der Waals surface area contributed by atoms with Crippen molar-refractivity contribution < 1.29 is 14.6 Å². The quantitative estimate of drug-likeness (QED) is 0.789. The summed E-state index contributed by atoms with van der Waals surface area (Å²) in [6, 6.07) is 7.91. The fourth-order valence-electron chi connectivity index (χ4n) is 2.35. The van der Waals surface area contributed by atoms with Crippen LogP contribution in [0.2, 0.25) is 0 Å². The van der Waals surface area contributed by atoms with Gasteiger partial charge in [-0.05, 0) is 6.42 Å². The van der Waals surface area contributed by atoms with Crippen LogP contribution in [0.1, 0.15) is 6.42 Å². The second kappa shape index (κ2) is 5.36. The zero-order valence-electron chi connectivity index (χ0n) is 10.1. The maximum absolute atomic E-state index is 11.0. The Kier molecular flexibility index (Phi) is 3.81. The van der Waals surface area contributed by atoms with Crippen LogP contribution in [0.15, 0.2) is 36.1 Å². The Balaban J connectivity index is 0.00000133. The van der Waals surface area contributed by atoms with Gasteiger partial charge >= 0.3 is 5.97 Å². The van der Waals surface area contributed by atoms with Crippen LogP contribution in [0, 0.1) is 5.92 Å². The standard InChI is InChI=1S/C14H13NO3.ClH/c16-14(17)10-5-11-8-18-7-9-3-1-2-4-12(9)13(11)15-6-10;/h1-4,7-8,10,15H,5-6H2,(H,16,17);1H. The lowest BCUT2D eigenvalue weighted by Gasteiger charge is -2.24. The van der Waals surface area contributed by atoms with Crippen LogP contribution in [0.5, 0.6) is 0 Å². The van der Waals surface area contributed by atoms with Gasteiger partial charge in [0.15, 0.2) is 0 Å². The lowest BCUT2D eigenvalue weighted by atomic mass is 9.92. The van der Waals surface area contributed by atoms with E-state index < -0.39 is 11.9 Å². The van der Waals surface area contributed by atoms with Crippen LogP contribution in [0.4, 0.5) is 0 Å². The minimum atomic E-state index is -0.774. The van der Waals surface area contributed by atoms with Gasteiger partial charge < -0.3 is 15.2 Å². The van der Waals surface area contributed by atoms with Gasteiger partial charge in [0, 0.05) is 28.3 Å². The van der Waals surface area contributed by atoms with E-state index in [2.05, 4.69) is 5.32 Å². The Morgan fingerprint density at radius 3 is 2.89 bits per heavy atom. The Bertz CT molecular complexity index is 651. The van der Waals surface area contributed by atoms with E-state index in [1.165, 1.54) is 0 Å². The molecular weight excluding hydrogens is 266 g/mol. The molecule has 1 unspecified atom stereocenters. The van der Waals surface area contributed by atoms with E-state index in [0.29, 0.717) is 13.0 Å². The molecular formula is C14H14ClNO3. The first-order valence-electron chi connectivity index (χ1n) is 5.87. The van der Waals surface area contributed by atoms with Gasteiger partial charge in [-0.1, -0.05) is 24.3 Å². The van der Waals surface area contributed by atoms with Gasteiger partial charge in [-0.25, -0.2) is 0 Å². The molecule has 19 heavy (non-hydrogen) atoms. The molecule has 1 aromatic carbocycles. The molecule has 4 nitrogen and oxygen atoms in total. The van der Waals surface area contributed by atoms with Crippen molar-refractivity contribution >= 4 is 30.3 Å². The second-order valence-electron chi connectivity index (χ2n) is 4.48. The van der Waals surface area contributed by atoms with Gasteiger partial charge in [-0.15, -0.1) is 12.4 Å². The summed E-state index contributed by atoms with van der Waals surface area (Å²) in [7, 11) is 0. The van der Waals surface area contributed by atoms with E-state index in [4.69, 9.17) is 9.84 Å². The first-order valence-corrected chi connectivity index (χ1v) is 5.87. The Hall–Kier alpha value is -1.94. The Morgan fingerprint density at radius 2 is 2.11 bits per heavy atom. The summed E-state index contributed by atoms with van der Waals surface area (Å²) < 4.78 is 5.38. The lowest BCUT2D eigenvalue weighted by molar-refractivity contribution is -0.141. The van der Waals surface area contributed by atoms with Crippen molar-refractivity contribution in [3.05, 3.63) is 46.5 Å². The number of rotatable bonds is 1. The maximum Gasteiger partial charge on any atom is 0.308 e. The van der Waals surface area contributed by atoms with Crippen molar-refractivity contribution in [3.63, 3.8) is 0 Å². The maximum atomic E-state index is 11.0. The average molecular weight is 280 g/mol. The number of halogens is 1. The topological polar surface area (TPSA) is 58.6 Å². The van der Waals surface area contributed by atoms with Gasteiger partial charge in [0.05, 0.1) is 18.4 Å².